The molecule has 0 aliphatic heterocycles. The summed E-state index contributed by atoms with van der Waals surface area (Å²) in [5.41, 5.74) is 3.33. The molecule has 1 amide bonds. The average Bonchev–Trinajstić information content (AvgIpc) is 3.17. The highest BCUT2D eigenvalue weighted by Gasteiger charge is 2.24. The number of amides is 1. The van der Waals surface area contributed by atoms with E-state index in [9.17, 15) is 4.79 Å². The number of rotatable bonds is 2. The largest absolute Gasteiger partial charge is 0.411 e. The fraction of sp³-hybridized carbons (Fsp3) is 0.176. The lowest BCUT2D eigenvalue weighted by molar-refractivity contribution is 0.102. The molecule has 0 fully saturated rings. The summed E-state index contributed by atoms with van der Waals surface area (Å²) in [5, 5.41) is 18.3. The van der Waals surface area contributed by atoms with E-state index in [-0.39, 0.29) is 5.91 Å². The molecule has 2 aromatic heterocycles. The number of para-hydroxylation sites is 1. The molecule has 6 heteroatoms. The summed E-state index contributed by atoms with van der Waals surface area (Å²) < 4.78 is 0. The maximum Gasteiger partial charge on any atom is 0.257 e. The second kappa shape index (κ2) is 5.55. The van der Waals surface area contributed by atoms with Crippen LogP contribution in [-0.4, -0.2) is 21.8 Å². The van der Waals surface area contributed by atoms with Crippen LogP contribution in [0.5, 0.6) is 0 Å². The van der Waals surface area contributed by atoms with Gasteiger partial charge in [0.15, 0.2) is 0 Å². The third-order valence-electron chi connectivity index (χ3n) is 4.14. The highest BCUT2D eigenvalue weighted by atomic mass is 32.1. The molecule has 116 valence electrons. The van der Waals surface area contributed by atoms with Gasteiger partial charge in [0.1, 0.15) is 5.82 Å². The highest BCUT2D eigenvalue weighted by Crippen LogP contribution is 2.31. The Hall–Kier alpha value is -2.60. The maximum absolute atomic E-state index is 12.6. The van der Waals surface area contributed by atoms with Crippen LogP contribution in [0, 0.1) is 0 Å². The van der Waals surface area contributed by atoms with Gasteiger partial charge in [-0.25, -0.2) is 0 Å². The number of nitrogens with zero attached hydrogens (tertiary/aromatic N) is 1. The first-order chi connectivity index (χ1) is 11.3. The number of aromatic nitrogens is 1. The van der Waals surface area contributed by atoms with Crippen LogP contribution in [0.4, 0.5) is 5.82 Å². The van der Waals surface area contributed by atoms with Gasteiger partial charge in [0.2, 0.25) is 0 Å². The van der Waals surface area contributed by atoms with Gasteiger partial charge >= 0.3 is 0 Å². The summed E-state index contributed by atoms with van der Waals surface area (Å²) in [7, 11) is 0. The number of oxime groups is 1. The van der Waals surface area contributed by atoms with Crippen molar-refractivity contribution in [3.63, 3.8) is 0 Å². The number of fused-ring (bicyclic) bond motifs is 2. The molecule has 5 nitrogen and oxygen atoms in total. The Kier molecular flexibility index (Phi) is 3.38. The summed E-state index contributed by atoms with van der Waals surface area (Å²) in [6.07, 6.45) is 2.50. The zero-order valence-corrected chi connectivity index (χ0v) is 13.1. The molecule has 1 aliphatic carbocycles. The van der Waals surface area contributed by atoms with E-state index >= 15 is 0 Å². The second-order valence-electron chi connectivity index (χ2n) is 5.58. The molecule has 0 bridgehead atoms. The first-order valence-electron chi connectivity index (χ1n) is 7.47. The minimum atomic E-state index is -0.131. The fourth-order valence-electron chi connectivity index (χ4n) is 3.04. The molecule has 0 spiro atoms. The Morgan fingerprint density at radius 3 is 3.00 bits per heavy atom. The molecule has 3 N–H and O–H groups in total. The normalized spacial score (nSPS) is 15.7. The lowest BCUT2D eigenvalue weighted by Crippen LogP contribution is -2.16. The smallest absolute Gasteiger partial charge is 0.257 e. The van der Waals surface area contributed by atoms with Gasteiger partial charge < -0.3 is 15.5 Å². The van der Waals surface area contributed by atoms with Crippen molar-refractivity contribution in [1.82, 2.24) is 4.98 Å². The lowest BCUT2D eigenvalue weighted by atomic mass is 9.94. The van der Waals surface area contributed by atoms with E-state index in [0.717, 1.165) is 40.6 Å². The van der Waals surface area contributed by atoms with Crippen molar-refractivity contribution < 1.29 is 10.0 Å². The van der Waals surface area contributed by atoms with Crippen LogP contribution in [0.3, 0.4) is 0 Å². The maximum atomic E-state index is 12.6. The minimum Gasteiger partial charge on any atom is -0.411 e. The van der Waals surface area contributed by atoms with Crippen LogP contribution in [0.25, 0.3) is 10.9 Å². The molecule has 3 aromatic rings. The van der Waals surface area contributed by atoms with E-state index in [1.54, 1.807) is 0 Å². The Balaban J connectivity index is 1.64. The quantitative estimate of drug-likeness (QED) is 0.492. The monoisotopic (exact) mass is 325 g/mol. The first-order valence-corrected chi connectivity index (χ1v) is 8.35. The summed E-state index contributed by atoms with van der Waals surface area (Å²) in [5.74, 6) is 0.552. The van der Waals surface area contributed by atoms with E-state index in [1.165, 1.54) is 11.3 Å². The van der Waals surface area contributed by atoms with Gasteiger partial charge in [0.25, 0.3) is 5.91 Å². The number of thiophene rings is 1. The third kappa shape index (κ3) is 2.41. The van der Waals surface area contributed by atoms with Gasteiger partial charge in [-0.3, -0.25) is 4.79 Å². The Labute approximate surface area is 136 Å². The zero-order valence-electron chi connectivity index (χ0n) is 12.3. The number of anilines is 1. The van der Waals surface area contributed by atoms with Crippen LogP contribution >= 0.6 is 11.3 Å². The minimum absolute atomic E-state index is 0.131. The summed E-state index contributed by atoms with van der Waals surface area (Å²) in [6, 6.07) is 9.81. The molecule has 0 saturated carbocycles. The van der Waals surface area contributed by atoms with E-state index in [2.05, 4.69) is 15.5 Å². The number of carbonyl (C=O) groups is 1. The van der Waals surface area contributed by atoms with E-state index < -0.39 is 0 Å². The number of H-pyrrole nitrogens is 1. The van der Waals surface area contributed by atoms with Crippen LogP contribution in [0.2, 0.25) is 0 Å². The van der Waals surface area contributed by atoms with E-state index in [1.807, 2.05) is 35.7 Å². The zero-order chi connectivity index (χ0) is 15.8. The van der Waals surface area contributed by atoms with Gasteiger partial charge in [-0.2, -0.15) is 0 Å². The molecule has 1 aliphatic rings. The van der Waals surface area contributed by atoms with Crippen LogP contribution in [-0.2, 0) is 6.42 Å². The number of carbonyl (C=O) groups excluding carboxylic acids is 1. The van der Waals surface area contributed by atoms with Crippen molar-refractivity contribution >= 4 is 39.7 Å². The van der Waals surface area contributed by atoms with Gasteiger partial charge in [-0.1, -0.05) is 23.4 Å². The molecule has 0 unspecified atom stereocenters. The molecular formula is C17H15N3O2S. The molecule has 0 saturated heterocycles. The summed E-state index contributed by atoms with van der Waals surface area (Å²) >= 11 is 1.47. The number of hydrogen-bond donors (Lipinski definition) is 3. The Morgan fingerprint density at radius 1 is 1.30 bits per heavy atom. The second-order valence-corrected chi connectivity index (χ2v) is 6.46. The Morgan fingerprint density at radius 2 is 2.17 bits per heavy atom. The van der Waals surface area contributed by atoms with Crippen molar-refractivity contribution in [2.24, 2.45) is 5.16 Å². The van der Waals surface area contributed by atoms with E-state index in [4.69, 9.17) is 5.21 Å². The Bertz CT molecular complexity index is 890. The SMILES string of the molecule is O=C(Nc1cc2ccccc2[nH]1)c1csc2c1CCCC2=NO. The van der Waals surface area contributed by atoms with Gasteiger partial charge in [-0.05, 0) is 37.0 Å². The molecular weight excluding hydrogens is 310 g/mol. The predicted octanol–water partition coefficient (Wildman–Crippen LogP) is 4.00. The first kappa shape index (κ1) is 14.0. The molecule has 4 rings (SSSR count). The van der Waals surface area contributed by atoms with Gasteiger partial charge in [-0.15, -0.1) is 11.3 Å². The number of nitrogens with one attached hydrogen (secondary N) is 2. The molecule has 1 aromatic carbocycles. The van der Waals surface area contributed by atoms with Crippen molar-refractivity contribution in [3.05, 3.63) is 51.7 Å². The topological polar surface area (TPSA) is 77.5 Å². The van der Waals surface area contributed by atoms with Crippen molar-refractivity contribution in [2.75, 3.05) is 5.32 Å². The third-order valence-corrected chi connectivity index (χ3v) is 5.21. The van der Waals surface area contributed by atoms with Crippen molar-refractivity contribution in [1.29, 1.82) is 0 Å². The van der Waals surface area contributed by atoms with Crippen LogP contribution in [0.1, 0.15) is 33.6 Å². The van der Waals surface area contributed by atoms with Crippen LogP contribution in [0.15, 0.2) is 40.9 Å². The standard InChI is InChI=1S/C17H15N3O2S/c21-17(19-15-8-10-4-1-2-6-13(10)18-15)12-9-23-16-11(12)5-3-7-14(16)20-22/h1-2,4,6,8-9,18,22H,3,5,7H2,(H,19,21). The number of aromatic amines is 1. The molecule has 0 radical (unpaired) electrons. The van der Waals surface area contributed by atoms with Gasteiger partial charge in [0.05, 0.1) is 16.2 Å². The molecule has 2 heterocycles. The average molecular weight is 325 g/mol. The van der Waals surface area contributed by atoms with Crippen molar-refractivity contribution in [2.45, 2.75) is 19.3 Å². The fourth-order valence-corrected chi connectivity index (χ4v) is 4.15. The highest BCUT2D eigenvalue weighted by molar-refractivity contribution is 7.12. The summed E-state index contributed by atoms with van der Waals surface area (Å²) in [4.78, 5) is 16.7. The molecule has 0 atom stereocenters. The van der Waals surface area contributed by atoms with E-state index in [0.29, 0.717) is 17.1 Å². The van der Waals surface area contributed by atoms with Gasteiger partial charge in [0, 0.05) is 16.3 Å². The molecule has 23 heavy (non-hydrogen) atoms. The lowest BCUT2D eigenvalue weighted by Gasteiger charge is -2.13. The summed E-state index contributed by atoms with van der Waals surface area (Å²) in [6.45, 7) is 0. The number of hydrogen-bond acceptors (Lipinski definition) is 4. The predicted molar refractivity (Wildman–Crippen MR) is 91.8 cm³/mol. The van der Waals surface area contributed by atoms with Crippen molar-refractivity contribution in [3.8, 4) is 0 Å². The van der Waals surface area contributed by atoms with Crippen LogP contribution < -0.4 is 5.32 Å². The number of benzene rings is 1.